The molecule has 0 unspecified atom stereocenters. The number of fused-ring (bicyclic) bond motifs is 2. The van der Waals surface area contributed by atoms with Crippen LogP contribution in [0.2, 0.25) is 0 Å². The van der Waals surface area contributed by atoms with Crippen molar-refractivity contribution in [2.75, 3.05) is 0 Å². The summed E-state index contributed by atoms with van der Waals surface area (Å²) in [6.45, 7) is 2.18. The van der Waals surface area contributed by atoms with Crippen LogP contribution in [-0.2, 0) is 0 Å². The Morgan fingerprint density at radius 2 is 1.10 bits per heavy atom. The van der Waals surface area contributed by atoms with Gasteiger partial charge in [0.2, 0.25) is 0 Å². The molecule has 1 aliphatic heterocycles. The minimum absolute atomic E-state index is 0.196. The first-order valence-electron chi connectivity index (χ1n) is 5.85. The average molecular weight is 670 g/mol. The van der Waals surface area contributed by atoms with Crippen molar-refractivity contribution in [1.29, 1.82) is 0 Å². The average Bonchev–Trinajstić information content (AvgIpc) is 2.42. The van der Waals surface area contributed by atoms with Crippen molar-refractivity contribution in [2.24, 2.45) is 0 Å². The number of hydrogen-bond acceptors (Lipinski definition) is 1. The molecule has 0 aliphatic carbocycles. The second kappa shape index (κ2) is 6.20. The summed E-state index contributed by atoms with van der Waals surface area (Å²) in [4.78, 5) is 0. The molecule has 0 N–H and O–H groups in total. The Hall–Kier alpha value is 1.12. The fourth-order valence-electron chi connectivity index (χ4n) is 2.41. The molecule has 2 aromatic carbocycles. The van der Waals surface area contributed by atoms with Crippen LogP contribution >= 0.6 is 95.6 Å². The van der Waals surface area contributed by atoms with E-state index in [4.69, 9.17) is 4.74 Å². The van der Waals surface area contributed by atoms with Gasteiger partial charge in [-0.2, -0.15) is 0 Å². The smallest absolute Gasteiger partial charge is 0.133 e. The van der Waals surface area contributed by atoms with Crippen molar-refractivity contribution in [3.8, 4) is 11.5 Å². The number of benzene rings is 2. The van der Waals surface area contributed by atoms with Gasteiger partial charge in [-0.15, -0.1) is 0 Å². The Morgan fingerprint density at radius 3 is 1.48 bits per heavy atom. The van der Waals surface area contributed by atoms with Gasteiger partial charge in [-0.1, -0.05) is 6.92 Å². The number of ether oxygens (including phenoxy) is 1. The van der Waals surface area contributed by atoms with Crippen molar-refractivity contribution in [2.45, 2.75) is 12.8 Å². The minimum atomic E-state index is 0.196. The zero-order chi connectivity index (χ0) is 15.5. The number of rotatable bonds is 0. The molecule has 1 aliphatic rings. The van der Waals surface area contributed by atoms with Crippen LogP contribution in [0.15, 0.2) is 39.0 Å². The summed E-state index contributed by atoms with van der Waals surface area (Å²) in [5.41, 5.74) is 2.26. The Labute approximate surface area is 173 Å². The van der Waals surface area contributed by atoms with E-state index in [9.17, 15) is 0 Å². The van der Waals surface area contributed by atoms with E-state index in [1.165, 1.54) is 0 Å². The molecule has 0 bridgehead atoms. The Bertz CT molecular complexity index is 708. The maximum Gasteiger partial charge on any atom is 0.133 e. The van der Waals surface area contributed by atoms with Gasteiger partial charge in [0, 0.05) is 43.9 Å². The minimum Gasteiger partial charge on any atom is -0.457 e. The molecule has 7 heteroatoms. The van der Waals surface area contributed by atoms with Gasteiger partial charge in [0.15, 0.2) is 0 Å². The molecule has 0 atom stereocenters. The molecule has 1 heterocycles. The van der Waals surface area contributed by atoms with Crippen LogP contribution in [0.4, 0.5) is 0 Å². The molecule has 0 saturated heterocycles. The van der Waals surface area contributed by atoms with Gasteiger partial charge < -0.3 is 4.74 Å². The van der Waals surface area contributed by atoms with Crippen molar-refractivity contribution in [1.82, 2.24) is 0 Å². The highest BCUT2D eigenvalue weighted by molar-refractivity contribution is 9.15. The second-order valence-corrected chi connectivity index (χ2v) is 9.50. The third kappa shape index (κ3) is 2.74. The first kappa shape index (κ1) is 17.0. The topological polar surface area (TPSA) is 9.23 Å². The molecular formula is C14H6Br6O. The molecule has 0 amide bonds. The van der Waals surface area contributed by atoms with E-state index < -0.39 is 0 Å². The standard InChI is InChI=1S/C14H6Br6O/c1-4-9-7(2-5(15)11(17)13(9)19)21-8-3-6(16)12(18)14(20)10(4)8/h2-4H,1H3. The molecule has 1 nitrogen and oxygen atoms in total. The monoisotopic (exact) mass is 664 g/mol. The van der Waals surface area contributed by atoms with Crippen molar-refractivity contribution in [3.63, 3.8) is 0 Å². The molecule has 0 spiro atoms. The molecule has 0 aromatic heterocycles. The van der Waals surface area contributed by atoms with Crippen LogP contribution in [0, 0.1) is 0 Å². The Morgan fingerprint density at radius 1 is 0.714 bits per heavy atom. The zero-order valence-electron chi connectivity index (χ0n) is 10.4. The summed E-state index contributed by atoms with van der Waals surface area (Å²) in [6.07, 6.45) is 0. The van der Waals surface area contributed by atoms with Gasteiger partial charge >= 0.3 is 0 Å². The fraction of sp³-hybridized carbons (Fsp3) is 0.143. The maximum atomic E-state index is 6.12. The third-order valence-corrected chi connectivity index (χ3v) is 10.1. The first-order chi connectivity index (χ1) is 9.82. The summed E-state index contributed by atoms with van der Waals surface area (Å²) in [5.74, 6) is 1.91. The van der Waals surface area contributed by atoms with Crippen LogP contribution in [0.25, 0.3) is 0 Å². The van der Waals surface area contributed by atoms with E-state index >= 15 is 0 Å². The lowest BCUT2D eigenvalue weighted by molar-refractivity contribution is 0.447. The molecule has 21 heavy (non-hydrogen) atoms. The van der Waals surface area contributed by atoms with Crippen LogP contribution < -0.4 is 4.74 Å². The van der Waals surface area contributed by atoms with Gasteiger partial charge in [-0.3, -0.25) is 0 Å². The predicted molar refractivity (Wildman–Crippen MR) is 107 cm³/mol. The van der Waals surface area contributed by atoms with Gasteiger partial charge in [-0.05, 0) is 108 Å². The van der Waals surface area contributed by atoms with Crippen LogP contribution in [0.3, 0.4) is 0 Å². The molecular weight excluding hydrogens is 664 g/mol. The summed E-state index contributed by atoms with van der Waals surface area (Å²) < 4.78 is 12.0. The number of hydrogen-bond donors (Lipinski definition) is 0. The second-order valence-electron chi connectivity index (χ2n) is 4.62. The summed E-state index contributed by atoms with van der Waals surface area (Å²) in [6, 6.07) is 3.99. The Balaban J connectivity index is 2.30. The van der Waals surface area contributed by atoms with Crippen LogP contribution in [0.1, 0.15) is 24.0 Å². The van der Waals surface area contributed by atoms with Crippen molar-refractivity contribution < 1.29 is 4.74 Å². The lowest BCUT2D eigenvalue weighted by Gasteiger charge is -2.29. The van der Waals surface area contributed by atoms with Crippen LogP contribution in [0.5, 0.6) is 11.5 Å². The molecule has 3 rings (SSSR count). The Kier molecular flexibility index (Phi) is 5.01. The van der Waals surface area contributed by atoms with E-state index in [0.717, 1.165) is 49.5 Å². The van der Waals surface area contributed by atoms with Crippen molar-refractivity contribution >= 4 is 95.6 Å². The summed E-state index contributed by atoms with van der Waals surface area (Å²) in [5, 5.41) is 0. The molecule has 2 aromatic rings. The van der Waals surface area contributed by atoms with Crippen molar-refractivity contribution in [3.05, 3.63) is 50.1 Å². The largest absolute Gasteiger partial charge is 0.457 e. The molecule has 0 saturated carbocycles. The lowest BCUT2D eigenvalue weighted by Crippen LogP contribution is -2.10. The van der Waals surface area contributed by atoms with E-state index in [0.29, 0.717) is 0 Å². The highest BCUT2D eigenvalue weighted by atomic mass is 79.9. The highest BCUT2D eigenvalue weighted by Gasteiger charge is 2.31. The van der Waals surface area contributed by atoms with Crippen LogP contribution in [-0.4, -0.2) is 0 Å². The quantitative estimate of drug-likeness (QED) is 0.256. The molecule has 0 fully saturated rings. The molecule has 110 valence electrons. The lowest BCUT2D eigenvalue weighted by atomic mass is 9.90. The SMILES string of the molecule is CC1c2c(cc(Br)c(Br)c2Br)Oc2cc(Br)c(Br)c(Br)c21. The van der Waals surface area contributed by atoms with E-state index in [-0.39, 0.29) is 5.92 Å². The summed E-state index contributed by atoms with van der Waals surface area (Å²) >= 11 is 21.6. The third-order valence-electron chi connectivity index (χ3n) is 3.41. The van der Waals surface area contributed by atoms with E-state index in [1.54, 1.807) is 0 Å². The molecule has 0 radical (unpaired) electrons. The number of halogens is 6. The fourth-order valence-corrected chi connectivity index (χ4v) is 5.92. The van der Waals surface area contributed by atoms with Gasteiger partial charge in [-0.25, -0.2) is 0 Å². The van der Waals surface area contributed by atoms with E-state index in [2.05, 4.69) is 103 Å². The normalized spacial score (nSPS) is 13.7. The summed E-state index contributed by atoms with van der Waals surface area (Å²) in [7, 11) is 0. The van der Waals surface area contributed by atoms with E-state index in [1.807, 2.05) is 12.1 Å². The first-order valence-corrected chi connectivity index (χ1v) is 10.6. The highest BCUT2D eigenvalue weighted by Crippen LogP contribution is 2.54. The predicted octanol–water partition coefficient (Wildman–Crippen LogP) is 8.52. The van der Waals surface area contributed by atoms with Gasteiger partial charge in [0.25, 0.3) is 0 Å². The zero-order valence-corrected chi connectivity index (χ0v) is 19.9. The maximum absolute atomic E-state index is 6.12. The van der Waals surface area contributed by atoms with Gasteiger partial charge in [0.1, 0.15) is 11.5 Å². The van der Waals surface area contributed by atoms with Gasteiger partial charge in [0.05, 0.1) is 0 Å².